The number of amides is 2. The van der Waals surface area contributed by atoms with Crippen LogP contribution in [-0.2, 0) is 6.54 Å². The maximum absolute atomic E-state index is 12.3. The topological polar surface area (TPSA) is 128 Å². The number of nitrogens with zero attached hydrogens (tertiary/aromatic N) is 2. The smallest absolute Gasteiger partial charge is 0.325 e. The molecule has 0 radical (unpaired) electrons. The van der Waals surface area contributed by atoms with Gasteiger partial charge in [-0.1, -0.05) is 13.8 Å². The molecule has 1 aromatic heterocycles. The predicted octanol–water partition coefficient (Wildman–Crippen LogP) is 3.31. The number of likely N-dealkylation sites (N-methyl/N-ethyl adjacent to an activating group) is 1. The molecule has 3 aromatic rings. The zero-order valence-corrected chi connectivity index (χ0v) is 17.3. The molecule has 0 unspecified atom stereocenters. The first-order chi connectivity index (χ1) is 14.2. The molecule has 8 nitrogen and oxygen atoms in total. The summed E-state index contributed by atoms with van der Waals surface area (Å²) in [5, 5.41) is 33.0. The van der Waals surface area contributed by atoms with Gasteiger partial charge in [-0.05, 0) is 48.9 Å². The van der Waals surface area contributed by atoms with Gasteiger partial charge in [-0.25, -0.2) is 9.69 Å². The number of nitrogens with two attached hydrogens (primary N) is 1. The molecule has 30 heavy (non-hydrogen) atoms. The number of phenols is 2. The molecule has 1 heterocycles. The molecule has 0 saturated heterocycles. The molecule has 2 amide bonds. The number of rotatable bonds is 6. The second kappa shape index (κ2) is 8.46. The Kier molecular flexibility index (Phi) is 5.98. The molecule has 8 heteroatoms. The van der Waals surface area contributed by atoms with Crippen LogP contribution in [0.15, 0.2) is 42.6 Å². The Bertz CT molecular complexity index is 1100. The fraction of sp³-hybridized carbons (Fsp3) is 0.273. The highest BCUT2D eigenvalue weighted by molar-refractivity contribution is 6.22. The van der Waals surface area contributed by atoms with Gasteiger partial charge in [0.1, 0.15) is 17.3 Å². The first-order valence-corrected chi connectivity index (χ1v) is 9.72. The number of benzene rings is 2. The summed E-state index contributed by atoms with van der Waals surface area (Å²) in [5.41, 5.74) is 7.70. The van der Waals surface area contributed by atoms with Gasteiger partial charge in [-0.15, -0.1) is 0 Å². The van der Waals surface area contributed by atoms with Crippen molar-refractivity contribution in [2.24, 2.45) is 5.73 Å². The summed E-state index contributed by atoms with van der Waals surface area (Å²) in [4.78, 5) is 13.3. The first kappa shape index (κ1) is 21.2. The van der Waals surface area contributed by atoms with E-state index in [1.54, 1.807) is 12.1 Å². The summed E-state index contributed by atoms with van der Waals surface area (Å²) in [7, 11) is 1.89. The second-order valence-electron chi connectivity index (χ2n) is 7.46. The van der Waals surface area contributed by atoms with Crippen molar-refractivity contribution in [3.05, 3.63) is 53.7 Å². The van der Waals surface area contributed by atoms with Crippen LogP contribution in [0.3, 0.4) is 0 Å². The average Bonchev–Trinajstić information content (AvgIpc) is 3.08. The van der Waals surface area contributed by atoms with Crippen LogP contribution in [0, 0.1) is 5.41 Å². The van der Waals surface area contributed by atoms with Gasteiger partial charge in [0.2, 0.25) is 0 Å². The number of primary amides is 1. The molecule has 6 N–H and O–H groups in total. The van der Waals surface area contributed by atoms with Crippen LogP contribution >= 0.6 is 0 Å². The van der Waals surface area contributed by atoms with Crippen LogP contribution < -0.4 is 16.0 Å². The number of hydrogen-bond acceptors (Lipinski definition) is 5. The van der Waals surface area contributed by atoms with Crippen molar-refractivity contribution in [2.75, 3.05) is 18.5 Å². The minimum Gasteiger partial charge on any atom is -0.508 e. The van der Waals surface area contributed by atoms with Gasteiger partial charge in [0.15, 0.2) is 0 Å². The molecule has 2 aromatic carbocycles. The lowest BCUT2D eigenvalue weighted by Crippen LogP contribution is -2.41. The third-order valence-corrected chi connectivity index (χ3v) is 5.08. The molecule has 0 atom stereocenters. The second-order valence-corrected chi connectivity index (χ2v) is 7.46. The molecule has 0 bridgehead atoms. The largest absolute Gasteiger partial charge is 0.508 e. The van der Waals surface area contributed by atoms with E-state index in [0.717, 1.165) is 28.9 Å². The lowest BCUT2D eigenvalue weighted by molar-refractivity contribution is 0.256. The highest BCUT2D eigenvalue weighted by Gasteiger charge is 2.24. The van der Waals surface area contributed by atoms with Crippen LogP contribution in [0.1, 0.15) is 30.9 Å². The quantitative estimate of drug-likeness (QED) is 0.316. The Morgan fingerprint density at radius 3 is 2.57 bits per heavy atom. The van der Waals surface area contributed by atoms with Crippen LogP contribution in [0.2, 0.25) is 0 Å². The van der Waals surface area contributed by atoms with E-state index < -0.39 is 6.03 Å². The molecule has 0 aliphatic rings. The maximum Gasteiger partial charge on any atom is 0.325 e. The van der Waals surface area contributed by atoms with Gasteiger partial charge in [-0.3, -0.25) is 5.41 Å². The van der Waals surface area contributed by atoms with Crippen LogP contribution in [0.4, 0.5) is 10.5 Å². The molecular formula is C22H27N5O3. The van der Waals surface area contributed by atoms with Crippen molar-refractivity contribution in [3.63, 3.8) is 0 Å². The van der Waals surface area contributed by atoms with E-state index >= 15 is 0 Å². The number of phenolic OH excluding ortho intramolecular Hbond substituents is 2. The van der Waals surface area contributed by atoms with Crippen molar-refractivity contribution < 1.29 is 15.0 Å². The van der Waals surface area contributed by atoms with Gasteiger partial charge in [-0.2, -0.15) is 0 Å². The Morgan fingerprint density at radius 2 is 1.93 bits per heavy atom. The number of aromatic hydroxyl groups is 2. The standard InChI is InChI=1S/C22H27N5O3/c1-13(2)16-11-17(20(29)12-19(16)28)21(23)27(22(24)30)15-4-5-18-14(10-15)6-8-26(18)9-7-25-3/h4-6,8,10-13,23,25,28-29H,7,9H2,1-3H3,(H2,24,30). The van der Waals surface area contributed by atoms with E-state index in [0.29, 0.717) is 11.3 Å². The number of carbonyl (C=O) groups is 1. The Balaban J connectivity index is 2.03. The number of hydrogen-bond donors (Lipinski definition) is 5. The zero-order chi connectivity index (χ0) is 22.0. The molecule has 0 aliphatic heterocycles. The third-order valence-electron chi connectivity index (χ3n) is 5.08. The summed E-state index contributed by atoms with van der Waals surface area (Å²) in [6.45, 7) is 5.39. The average molecular weight is 409 g/mol. The summed E-state index contributed by atoms with van der Waals surface area (Å²) < 4.78 is 2.09. The number of nitrogens with one attached hydrogen (secondary N) is 2. The van der Waals surface area contributed by atoms with E-state index in [1.165, 1.54) is 12.1 Å². The van der Waals surface area contributed by atoms with Gasteiger partial charge >= 0.3 is 6.03 Å². The van der Waals surface area contributed by atoms with Gasteiger partial charge in [0.25, 0.3) is 0 Å². The molecule has 0 saturated carbocycles. The summed E-state index contributed by atoms with van der Waals surface area (Å²) in [6, 6.07) is 9.17. The fourth-order valence-electron chi connectivity index (χ4n) is 3.49. The molecule has 0 fully saturated rings. The van der Waals surface area contributed by atoms with E-state index in [2.05, 4.69) is 9.88 Å². The Hall–Kier alpha value is -3.52. The van der Waals surface area contributed by atoms with Gasteiger partial charge in [0, 0.05) is 36.3 Å². The number of urea groups is 1. The fourth-order valence-corrected chi connectivity index (χ4v) is 3.49. The minimum atomic E-state index is -0.840. The van der Waals surface area contributed by atoms with Crippen molar-refractivity contribution >= 4 is 28.5 Å². The van der Waals surface area contributed by atoms with E-state index in [9.17, 15) is 15.0 Å². The van der Waals surface area contributed by atoms with E-state index in [1.807, 2.05) is 39.2 Å². The highest BCUT2D eigenvalue weighted by Crippen LogP contribution is 2.34. The molecule has 0 aliphatic carbocycles. The van der Waals surface area contributed by atoms with E-state index in [4.69, 9.17) is 11.1 Å². The number of anilines is 1. The van der Waals surface area contributed by atoms with Gasteiger partial charge < -0.3 is 25.8 Å². The summed E-state index contributed by atoms with van der Waals surface area (Å²) in [6.07, 6.45) is 1.96. The monoisotopic (exact) mass is 409 g/mol. The SMILES string of the molecule is CNCCn1ccc2cc(N(C(=N)c3cc(C(C)C)c(O)cc3O)C(N)=O)ccc21. The summed E-state index contributed by atoms with van der Waals surface area (Å²) >= 11 is 0. The maximum atomic E-state index is 12.3. The third kappa shape index (κ3) is 3.95. The Labute approximate surface area is 175 Å². The number of aromatic nitrogens is 1. The predicted molar refractivity (Wildman–Crippen MR) is 119 cm³/mol. The van der Waals surface area contributed by atoms with Crippen LogP contribution in [0.25, 0.3) is 10.9 Å². The Morgan fingerprint density at radius 1 is 1.20 bits per heavy atom. The van der Waals surface area contributed by atoms with Crippen LogP contribution in [0.5, 0.6) is 11.5 Å². The normalized spacial score (nSPS) is 11.2. The first-order valence-electron chi connectivity index (χ1n) is 9.72. The number of amidine groups is 1. The van der Waals surface area contributed by atoms with Crippen molar-refractivity contribution in [2.45, 2.75) is 26.3 Å². The lowest BCUT2D eigenvalue weighted by Gasteiger charge is -2.23. The minimum absolute atomic E-state index is 0.0343. The highest BCUT2D eigenvalue weighted by atomic mass is 16.3. The lowest BCUT2D eigenvalue weighted by atomic mass is 9.98. The molecule has 3 rings (SSSR count). The van der Waals surface area contributed by atoms with Crippen LogP contribution in [-0.4, -0.2) is 40.2 Å². The number of carbonyl (C=O) groups excluding carboxylic acids is 1. The molecule has 0 spiro atoms. The zero-order valence-electron chi connectivity index (χ0n) is 17.3. The number of fused-ring (bicyclic) bond motifs is 1. The molecular weight excluding hydrogens is 382 g/mol. The van der Waals surface area contributed by atoms with Crippen molar-refractivity contribution in [1.29, 1.82) is 5.41 Å². The summed E-state index contributed by atoms with van der Waals surface area (Å²) in [5.74, 6) is -0.662. The van der Waals surface area contributed by atoms with Crippen molar-refractivity contribution in [3.8, 4) is 11.5 Å². The van der Waals surface area contributed by atoms with E-state index in [-0.39, 0.29) is 28.8 Å². The van der Waals surface area contributed by atoms with Crippen molar-refractivity contribution in [1.82, 2.24) is 9.88 Å². The van der Waals surface area contributed by atoms with Gasteiger partial charge in [0.05, 0.1) is 11.3 Å². The molecule has 158 valence electrons.